The van der Waals surface area contributed by atoms with Crippen LogP contribution in [0.15, 0.2) is 24.3 Å². The molecule has 0 spiro atoms. The first-order valence-corrected chi connectivity index (χ1v) is 7.33. The smallest absolute Gasteiger partial charge is 0.0555 e. The lowest BCUT2D eigenvalue weighted by Crippen LogP contribution is -1.95. The zero-order valence-corrected chi connectivity index (χ0v) is 10.9. The van der Waals surface area contributed by atoms with Crippen molar-refractivity contribution in [1.82, 2.24) is 0 Å². The number of hydrogen-bond donors (Lipinski definition) is 1. The molecule has 0 saturated heterocycles. The average Bonchev–Trinajstić information content (AvgIpc) is 2.87. The summed E-state index contributed by atoms with van der Waals surface area (Å²) in [7, 11) is 0. The molecule has 0 bridgehead atoms. The van der Waals surface area contributed by atoms with E-state index in [1.165, 1.54) is 31.2 Å². The Kier molecular flexibility index (Phi) is 4.97. The lowest BCUT2D eigenvalue weighted by atomic mass is 10.1. The highest BCUT2D eigenvalue weighted by atomic mass is 32.2. The third-order valence-electron chi connectivity index (χ3n) is 3.05. The van der Waals surface area contributed by atoms with Crippen molar-refractivity contribution in [3.63, 3.8) is 0 Å². The van der Waals surface area contributed by atoms with Gasteiger partial charge in [-0.2, -0.15) is 11.8 Å². The summed E-state index contributed by atoms with van der Waals surface area (Å²) < 4.78 is 0. The summed E-state index contributed by atoms with van der Waals surface area (Å²) in [5.41, 5.74) is 7.84. The molecule has 1 aromatic rings. The molecule has 0 heterocycles. The van der Waals surface area contributed by atoms with Crippen molar-refractivity contribution in [3.8, 4) is 11.8 Å². The van der Waals surface area contributed by atoms with Crippen molar-refractivity contribution < 1.29 is 0 Å². The van der Waals surface area contributed by atoms with Crippen molar-refractivity contribution in [3.05, 3.63) is 35.4 Å². The third-order valence-corrected chi connectivity index (χ3v) is 4.49. The van der Waals surface area contributed by atoms with E-state index in [1.54, 1.807) is 0 Å². The highest BCUT2D eigenvalue weighted by Gasteiger charge is 2.14. The fourth-order valence-electron chi connectivity index (χ4n) is 2.16. The SMILES string of the molecule is NCC#Cc1cccc(CSC2CCCC2)c1. The molecule has 1 saturated carbocycles. The van der Waals surface area contributed by atoms with E-state index >= 15 is 0 Å². The van der Waals surface area contributed by atoms with Gasteiger partial charge in [-0.15, -0.1) is 0 Å². The van der Waals surface area contributed by atoms with Crippen LogP contribution in [-0.2, 0) is 5.75 Å². The maximum atomic E-state index is 5.38. The van der Waals surface area contributed by atoms with Gasteiger partial charge in [0.1, 0.15) is 0 Å². The second kappa shape index (κ2) is 6.74. The van der Waals surface area contributed by atoms with Crippen LogP contribution in [0, 0.1) is 11.8 Å². The predicted octanol–water partition coefficient (Wildman–Crippen LogP) is 3.17. The number of nitrogens with two attached hydrogens (primary N) is 1. The van der Waals surface area contributed by atoms with Crippen LogP contribution >= 0.6 is 11.8 Å². The summed E-state index contributed by atoms with van der Waals surface area (Å²) >= 11 is 2.10. The van der Waals surface area contributed by atoms with Crippen LogP contribution in [0.3, 0.4) is 0 Å². The van der Waals surface area contributed by atoms with Gasteiger partial charge >= 0.3 is 0 Å². The van der Waals surface area contributed by atoms with Crippen LogP contribution in [0.4, 0.5) is 0 Å². The van der Waals surface area contributed by atoms with Gasteiger partial charge in [0.2, 0.25) is 0 Å². The first kappa shape index (κ1) is 12.5. The van der Waals surface area contributed by atoms with Gasteiger partial charge in [0.25, 0.3) is 0 Å². The van der Waals surface area contributed by atoms with E-state index in [-0.39, 0.29) is 0 Å². The Morgan fingerprint density at radius 2 is 2.12 bits per heavy atom. The number of rotatable bonds is 3. The lowest BCUT2D eigenvalue weighted by Gasteiger charge is -2.08. The first-order chi connectivity index (χ1) is 8.38. The summed E-state index contributed by atoms with van der Waals surface area (Å²) in [5, 5.41) is 0.883. The highest BCUT2D eigenvalue weighted by Crippen LogP contribution is 2.31. The zero-order valence-electron chi connectivity index (χ0n) is 10.1. The van der Waals surface area contributed by atoms with Crippen molar-refractivity contribution in [2.75, 3.05) is 6.54 Å². The average molecular weight is 245 g/mol. The largest absolute Gasteiger partial charge is 0.320 e. The van der Waals surface area contributed by atoms with E-state index in [1.807, 2.05) is 6.07 Å². The van der Waals surface area contributed by atoms with Gasteiger partial charge in [-0.05, 0) is 30.5 Å². The molecule has 1 aromatic carbocycles. The Morgan fingerprint density at radius 1 is 1.29 bits per heavy atom. The van der Waals surface area contributed by atoms with Gasteiger partial charge in [0.05, 0.1) is 6.54 Å². The molecule has 0 unspecified atom stereocenters. The number of thioether (sulfide) groups is 1. The molecule has 0 atom stereocenters. The maximum Gasteiger partial charge on any atom is 0.0555 e. The topological polar surface area (TPSA) is 26.0 Å². The van der Waals surface area contributed by atoms with Crippen molar-refractivity contribution >= 4 is 11.8 Å². The minimum atomic E-state index is 0.432. The zero-order chi connectivity index (χ0) is 11.9. The molecule has 0 aliphatic heterocycles. The monoisotopic (exact) mass is 245 g/mol. The molecule has 1 nitrogen and oxygen atoms in total. The van der Waals surface area contributed by atoms with Crippen LogP contribution in [0.25, 0.3) is 0 Å². The summed E-state index contributed by atoms with van der Waals surface area (Å²) in [6, 6.07) is 8.51. The Hall–Kier alpha value is -0.910. The maximum absolute atomic E-state index is 5.38. The molecule has 1 aliphatic carbocycles. The lowest BCUT2D eigenvalue weighted by molar-refractivity contribution is 0.886. The molecular formula is C15H19NS. The molecule has 17 heavy (non-hydrogen) atoms. The molecule has 2 rings (SSSR count). The second-order valence-electron chi connectivity index (χ2n) is 4.42. The minimum absolute atomic E-state index is 0.432. The number of benzene rings is 1. The fraction of sp³-hybridized carbons (Fsp3) is 0.467. The van der Waals surface area contributed by atoms with Gasteiger partial charge in [0.15, 0.2) is 0 Å². The van der Waals surface area contributed by atoms with E-state index in [2.05, 4.69) is 41.8 Å². The number of hydrogen-bond acceptors (Lipinski definition) is 2. The molecule has 90 valence electrons. The van der Waals surface area contributed by atoms with Crippen molar-refractivity contribution in [2.24, 2.45) is 5.73 Å². The fourth-order valence-corrected chi connectivity index (χ4v) is 3.44. The summed E-state index contributed by atoms with van der Waals surface area (Å²) in [4.78, 5) is 0. The predicted molar refractivity (Wildman–Crippen MR) is 75.9 cm³/mol. The van der Waals surface area contributed by atoms with Crippen LogP contribution in [-0.4, -0.2) is 11.8 Å². The van der Waals surface area contributed by atoms with Crippen molar-refractivity contribution in [2.45, 2.75) is 36.7 Å². The standard InChI is InChI=1S/C15H19NS/c16-10-4-7-13-5-3-6-14(11-13)12-17-15-8-1-2-9-15/h3,5-6,11,15H,1-2,8-10,12,16H2. The minimum Gasteiger partial charge on any atom is -0.320 e. The molecule has 1 fully saturated rings. The normalized spacial score (nSPS) is 15.6. The summed E-state index contributed by atoms with van der Waals surface area (Å²) in [6.07, 6.45) is 5.63. The Labute approximate surface area is 108 Å². The molecule has 2 heteroatoms. The molecule has 0 amide bonds. The molecule has 2 N–H and O–H groups in total. The van der Waals surface area contributed by atoms with E-state index in [4.69, 9.17) is 5.73 Å². The van der Waals surface area contributed by atoms with Crippen molar-refractivity contribution in [1.29, 1.82) is 0 Å². The summed E-state index contributed by atoms with van der Waals surface area (Å²) in [5.74, 6) is 7.10. The highest BCUT2D eigenvalue weighted by molar-refractivity contribution is 7.99. The van der Waals surface area contributed by atoms with Crippen LogP contribution in [0.1, 0.15) is 36.8 Å². The van der Waals surface area contributed by atoms with Crippen LogP contribution < -0.4 is 5.73 Å². The van der Waals surface area contributed by atoms with E-state index in [9.17, 15) is 0 Å². The first-order valence-electron chi connectivity index (χ1n) is 6.28. The molecular weight excluding hydrogens is 226 g/mol. The van der Waals surface area contributed by atoms with Crippen LogP contribution in [0.2, 0.25) is 0 Å². The molecule has 0 radical (unpaired) electrons. The Bertz CT molecular complexity index is 410. The Morgan fingerprint density at radius 3 is 2.88 bits per heavy atom. The second-order valence-corrected chi connectivity index (χ2v) is 5.71. The van der Waals surface area contributed by atoms with Gasteiger partial charge < -0.3 is 5.73 Å². The van der Waals surface area contributed by atoms with Gasteiger partial charge in [-0.25, -0.2) is 0 Å². The molecule has 1 aliphatic rings. The van der Waals surface area contributed by atoms with Gasteiger partial charge in [-0.3, -0.25) is 0 Å². The van der Waals surface area contributed by atoms with Crippen LogP contribution in [0.5, 0.6) is 0 Å². The van der Waals surface area contributed by atoms with E-state index in [0.717, 1.165) is 16.6 Å². The van der Waals surface area contributed by atoms with E-state index < -0.39 is 0 Å². The Balaban J connectivity index is 1.91. The van der Waals surface area contributed by atoms with Gasteiger partial charge in [0, 0.05) is 16.6 Å². The molecule has 0 aromatic heterocycles. The third kappa shape index (κ3) is 4.11. The van der Waals surface area contributed by atoms with E-state index in [0.29, 0.717) is 6.54 Å². The summed E-state index contributed by atoms with van der Waals surface area (Å²) in [6.45, 7) is 0.432. The quantitative estimate of drug-likeness (QED) is 0.828. The van der Waals surface area contributed by atoms with Gasteiger partial charge in [-0.1, -0.05) is 36.8 Å².